The van der Waals surface area contributed by atoms with Crippen LogP contribution in [-0.2, 0) is 0 Å². The van der Waals surface area contributed by atoms with Gasteiger partial charge in [-0.05, 0) is 55.7 Å². The van der Waals surface area contributed by atoms with Crippen molar-refractivity contribution < 1.29 is 8.83 Å². The fourth-order valence-corrected chi connectivity index (χ4v) is 7.79. The minimum Gasteiger partial charge on any atom is -0.457 e. The van der Waals surface area contributed by atoms with E-state index in [1.165, 1.54) is 5.46 Å². The maximum absolute atomic E-state index is 6.76. The van der Waals surface area contributed by atoms with Crippen molar-refractivity contribution in [3.8, 4) is 11.4 Å². The van der Waals surface area contributed by atoms with Crippen LogP contribution in [0.15, 0.2) is 87.7 Å². The van der Waals surface area contributed by atoms with Crippen LogP contribution in [0.5, 0.6) is 0 Å². The zero-order valence-corrected chi connectivity index (χ0v) is 22.2. The Labute approximate surface area is 232 Å². The lowest BCUT2D eigenvalue weighted by molar-refractivity contribution is 0.671. The van der Waals surface area contributed by atoms with E-state index >= 15 is 0 Å². The first kappa shape index (κ1) is 20.6. The molecule has 11 rings (SSSR count). The van der Waals surface area contributed by atoms with Crippen LogP contribution in [0, 0.1) is 13.8 Å². The fraction of sp³-hybridized carbons (Fsp3) is 0.0588. The second-order valence-electron chi connectivity index (χ2n) is 11.5. The second-order valence-corrected chi connectivity index (χ2v) is 11.5. The van der Waals surface area contributed by atoms with Crippen LogP contribution in [0.2, 0.25) is 0 Å². The lowest BCUT2D eigenvalue weighted by atomic mass is 9.34. The number of fused-ring (bicyclic) bond motifs is 12. The van der Waals surface area contributed by atoms with Gasteiger partial charge in [0.1, 0.15) is 22.3 Å². The number of para-hydroxylation sites is 2. The zero-order valence-electron chi connectivity index (χ0n) is 22.2. The van der Waals surface area contributed by atoms with Crippen molar-refractivity contribution >= 4 is 88.8 Å². The zero-order chi connectivity index (χ0) is 26.7. The van der Waals surface area contributed by atoms with E-state index in [0.29, 0.717) is 0 Å². The number of nitrogens with zero attached hydrogens (tertiary/aromatic N) is 4. The second kappa shape index (κ2) is 6.53. The van der Waals surface area contributed by atoms with Gasteiger partial charge in [-0.2, -0.15) is 10.2 Å². The molecule has 0 fully saturated rings. The van der Waals surface area contributed by atoms with Crippen LogP contribution in [0.1, 0.15) is 11.4 Å². The molecule has 2 aliphatic heterocycles. The average molecular weight is 526 g/mol. The van der Waals surface area contributed by atoms with E-state index in [9.17, 15) is 0 Å². The van der Waals surface area contributed by atoms with Crippen molar-refractivity contribution in [1.29, 1.82) is 0 Å². The first-order chi connectivity index (χ1) is 20.2. The molecule has 6 heterocycles. The molecule has 2 aliphatic rings. The van der Waals surface area contributed by atoms with E-state index in [1.807, 2.05) is 12.1 Å². The van der Waals surface area contributed by atoms with Gasteiger partial charge in [-0.15, -0.1) is 0 Å². The van der Waals surface area contributed by atoms with Crippen molar-refractivity contribution in [2.24, 2.45) is 0 Å². The van der Waals surface area contributed by atoms with Gasteiger partial charge >= 0.3 is 0 Å². The number of rotatable bonds is 0. The van der Waals surface area contributed by atoms with Gasteiger partial charge in [-0.3, -0.25) is 0 Å². The van der Waals surface area contributed by atoms with Crippen LogP contribution in [0.3, 0.4) is 0 Å². The highest BCUT2D eigenvalue weighted by molar-refractivity contribution is 7.02. The molecule has 4 aromatic heterocycles. The van der Waals surface area contributed by atoms with Crippen LogP contribution in [0.4, 0.5) is 0 Å². The smallest absolute Gasteiger partial charge is 0.262 e. The Bertz CT molecular complexity index is 2510. The van der Waals surface area contributed by atoms with Crippen molar-refractivity contribution in [2.45, 2.75) is 13.8 Å². The highest BCUT2D eigenvalue weighted by Gasteiger charge is 2.44. The Morgan fingerprint density at radius 1 is 0.537 bits per heavy atom. The third-order valence-electron chi connectivity index (χ3n) is 9.44. The predicted octanol–water partition coefficient (Wildman–Crippen LogP) is 5.92. The monoisotopic (exact) mass is 526 g/mol. The molecule has 0 spiro atoms. The summed E-state index contributed by atoms with van der Waals surface area (Å²) in [5, 5.41) is 17.0. The molecule has 7 heteroatoms. The molecule has 190 valence electrons. The maximum Gasteiger partial charge on any atom is 0.262 e. The summed E-state index contributed by atoms with van der Waals surface area (Å²) in [4.78, 5) is 0. The molecule has 0 aliphatic carbocycles. The summed E-state index contributed by atoms with van der Waals surface area (Å²) in [6, 6.07) is 27.7. The fourth-order valence-electron chi connectivity index (χ4n) is 7.79. The van der Waals surface area contributed by atoms with E-state index in [1.54, 1.807) is 0 Å². The number of aryl methyl sites for hydroxylation is 2. The molecular weight excluding hydrogens is 507 g/mol. The molecule has 0 saturated heterocycles. The quantitative estimate of drug-likeness (QED) is 0.230. The molecule has 0 unspecified atom stereocenters. The van der Waals surface area contributed by atoms with Gasteiger partial charge in [0.15, 0.2) is 0 Å². The van der Waals surface area contributed by atoms with E-state index in [4.69, 9.17) is 19.0 Å². The molecule has 0 amide bonds. The molecule has 0 radical (unpaired) electrons. The van der Waals surface area contributed by atoms with E-state index in [-0.39, 0.29) is 6.71 Å². The van der Waals surface area contributed by atoms with Crippen LogP contribution >= 0.6 is 0 Å². The Kier molecular flexibility index (Phi) is 3.28. The molecule has 9 aromatic rings. The van der Waals surface area contributed by atoms with E-state index in [2.05, 4.69) is 89.9 Å². The van der Waals surface area contributed by atoms with Crippen LogP contribution < -0.4 is 16.4 Å². The van der Waals surface area contributed by atoms with Crippen molar-refractivity contribution in [2.75, 3.05) is 0 Å². The highest BCUT2D eigenvalue weighted by atomic mass is 16.3. The molecule has 0 bridgehead atoms. The Hall–Kier alpha value is -5.30. The summed E-state index contributed by atoms with van der Waals surface area (Å²) >= 11 is 0. The number of furan rings is 2. The van der Waals surface area contributed by atoms with Crippen molar-refractivity contribution in [3.63, 3.8) is 0 Å². The Balaban J connectivity index is 1.45. The lowest BCUT2D eigenvalue weighted by Crippen LogP contribution is -2.60. The largest absolute Gasteiger partial charge is 0.457 e. The van der Waals surface area contributed by atoms with Crippen LogP contribution in [-0.4, -0.2) is 26.3 Å². The number of aromatic nitrogens is 4. The van der Waals surface area contributed by atoms with Gasteiger partial charge in [0.2, 0.25) is 0 Å². The molecule has 0 atom stereocenters. The summed E-state index contributed by atoms with van der Waals surface area (Å²) in [7, 11) is 0. The Morgan fingerprint density at radius 3 is 1.54 bits per heavy atom. The van der Waals surface area contributed by atoms with Gasteiger partial charge < -0.3 is 8.83 Å². The molecule has 0 saturated carbocycles. The third kappa shape index (κ3) is 2.17. The van der Waals surface area contributed by atoms with Crippen molar-refractivity contribution in [3.05, 3.63) is 90.3 Å². The summed E-state index contributed by atoms with van der Waals surface area (Å²) in [6.07, 6.45) is 0. The predicted molar refractivity (Wildman–Crippen MR) is 164 cm³/mol. The number of hydrogen-bond donors (Lipinski definition) is 0. The molecule has 5 aromatic carbocycles. The topological polar surface area (TPSA) is 61.9 Å². The summed E-state index contributed by atoms with van der Waals surface area (Å²) in [6.45, 7) is 4.09. The van der Waals surface area contributed by atoms with Gasteiger partial charge in [-0.1, -0.05) is 42.5 Å². The first-order valence-electron chi connectivity index (χ1n) is 14.0. The van der Waals surface area contributed by atoms with E-state index in [0.717, 1.165) is 99.4 Å². The summed E-state index contributed by atoms with van der Waals surface area (Å²) in [5.41, 5.74) is 13.5. The number of benzene rings is 5. The highest BCUT2D eigenvalue weighted by Crippen LogP contribution is 2.39. The summed E-state index contributed by atoms with van der Waals surface area (Å²) in [5.74, 6) is 0. The molecule has 6 nitrogen and oxygen atoms in total. The van der Waals surface area contributed by atoms with Gasteiger partial charge in [0, 0.05) is 43.2 Å². The summed E-state index contributed by atoms with van der Waals surface area (Å²) < 4.78 is 17.8. The maximum atomic E-state index is 6.76. The lowest BCUT2D eigenvalue weighted by Gasteiger charge is -2.31. The van der Waals surface area contributed by atoms with Gasteiger partial charge in [0.05, 0.1) is 33.8 Å². The van der Waals surface area contributed by atoms with E-state index < -0.39 is 0 Å². The van der Waals surface area contributed by atoms with Crippen LogP contribution in [0.25, 0.3) is 77.1 Å². The molecule has 0 N–H and O–H groups in total. The molecule has 41 heavy (non-hydrogen) atoms. The number of hydrogen-bond acceptors (Lipinski definition) is 4. The normalized spacial score (nSPS) is 13.6. The Morgan fingerprint density at radius 2 is 1.02 bits per heavy atom. The van der Waals surface area contributed by atoms with Gasteiger partial charge in [-0.25, -0.2) is 9.36 Å². The minimum atomic E-state index is -0.119. The first-order valence-corrected chi connectivity index (χ1v) is 14.0. The van der Waals surface area contributed by atoms with Crippen molar-refractivity contribution in [1.82, 2.24) is 19.6 Å². The minimum absolute atomic E-state index is 0.119. The standard InChI is InChI=1S/C34H19BN4O2/c1-16-20-14-22-18-8-3-5-12-26(18)40-33(22)29-31(20)38(36-16)24-10-7-11-25-28(24)35(29)30-32-21(17(2)37-39(25)32)15-23-19-9-4-6-13-27(19)41-34(23)30/h3-15H,1-2H3. The average Bonchev–Trinajstić information content (AvgIpc) is 3.74. The SMILES string of the molecule is Cc1nn2c3c(c4oc5ccccc5c4cc13)B1c3c-2cccc3-n2nc(C)c3cc4c(oc5ccccc54)c1c32. The molecular formula is C34H19BN4O2. The third-order valence-corrected chi connectivity index (χ3v) is 9.44. The van der Waals surface area contributed by atoms with Gasteiger partial charge in [0.25, 0.3) is 6.71 Å².